The summed E-state index contributed by atoms with van der Waals surface area (Å²) in [4.78, 5) is 42.2. The Morgan fingerprint density at radius 3 is 2.41 bits per heavy atom. The lowest BCUT2D eigenvalue weighted by Crippen LogP contribution is -2.28. The fourth-order valence-corrected chi connectivity index (χ4v) is 4.23. The number of carbonyl (C=O) groups is 2. The van der Waals surface area contributed by atoms with Crippen molar-refractivity contribution < 1.29 is 37.0 Å². The normalized spacial score (nSPS) is 11.9. The first-order valence-corrected chi connectivity index (χ1v) is 12.2. The maximum atomic E-state index is 12.9. The number of halogens is 3. The number of esters is 2. The summed E-state index contributed by atoms with van der Waals surface area (Å²) in [6, 6.07) is 10.6. The number of carbonyl (C=O) groups excluding carboxylic acids is 2. The Labute approximate surface area is 232 Å². The summed E-state index contributed by atoms with van der Waals surface area (Å²) < 4.78 is 53.0. The molecule has 1 atom stereocenters. The van der Waals surface area contributed by atoms with E-state index >= 15 is 0 Å². The van der Waals surface area contributed by atoms with Crippen molar-refractivity contribution in [2.75, 3.05) is 19.5 Å². The van der Waals surface area contributed by atoms with Crippen molar-refractivity contribution in [1.82, 2.24) is 19.7 Å². The van der Waals surface area contributed by atoms with Gasteiger partial charge in [0.1, 0.15) is 11.9 Å². The highest BCUT2D eigenvalue weighted by atomic mass is 32.1. The Hall–Kier alpha value is -5.19. The van der Waals surface area contributed by atoms with E-state index in [2.05, 4.69) is 25.1 Å². The second-order valence-electron chi connectivity index (χ2n) is 8.09. The Morgan fingerprint density at radius 1 is 1.12 bits per heavy atom. The Morgan fingerprint density at radius 2 is 1.80 bits per heavy atom. The highest BCUT2D eigenvalue weighted by Gasteiger charge is 2.43. The van der Waals surface area contributed by atoms with Crippen LogP contribution in [-0.2, 0) is 9.53 Å². The predicted molar refractivity (Wildman–Crippen MR) is 139 cm³/mol. The third kappa shape index (κ3) is 6.19. The van der Waals surface area contributed by atoms with E-state index in [4.69, 9.17) is 20.6 Å². The summed E-state index contributed by atoms with van der Waals surface area (Å²) in [5, 5.41) is 15.0. The van der Waals surface area contributed by atoms with Gasteiger partial charge in [-0.15, -0.1) is 16.4 Å². The molecular formula is C24H20F3N7O6S. The number of nitrogens with two attached hydrogens (primary N) is 1. The highest BCUT2D eigenvalue weighted by Crippen LogP contribution is 2.33. The molecule has 2 heterocycles. The second-order valence-corrected chi connectivity index (χ2v) is 8.94. The topological polar surface area (TPSA) is 187 Å². The van der Waals surface area contributed by atoms with Gasteiger partial charge in [0.2, 0.25) is 0 Å². The van der Waals surface area contributed by atoms with Crippen LogP contribution in [0.5, 0.6) is 11.5 Å². The largest absolute Gasteiger partial charge is 0.493 e. The number of methoxy groups -OCH3 is 2. The number of amidine groups is 1. The number of aromatic nitrogens is 4. The van der Waals surface area contributed by atoms with Gasteiger partial charge in [-0.05, 0) is 42.0 Å². The monoisotopic (exact) mass is 591 g/mol. The standard InChI is InChI=1S/C24H20F3N7O6S/c1-38-14-8-5-12(9-15(14)39-2)16(31-13-6-3-11(4-7-13)18(28)29)19-32-23(37)34(33-19)20-17(41-10-30-20)21(35)40-22(36)24(25,26)27/h3-10,16,31H,1-2H3,(H3,28,29)(H,32,33,37). The SMILES string of the molecule is COc1ccc(C(Nc2ccc(C(=N)N)cc2)c2nn(-c3ncsc3C(=O)OC(=O)C(F)(F)F)c(=O)[nH]2)cc1OC. The number of rotatable bonds is 9. The molecule has 214 valence electrons. The maximum Gasteiger partial charge on any atom is 0.491 e. The lowest BCUT2D eigenvalue weighted by atomic mass is 10.0. The number of ether oxygens (including phenoxy) is 3. The molecule has 0 aliphatic carbocycles. The second kappa shape index (κ2) is 11.5. The molecule has 4 rings (SSSR count). The number of nitrogen functional groups attached to an aromatic ring is 1. The fourth-order valence-electron chi connectivity index (χ4n) is 3.59. The molecular weight excluding hydrogens is 571 g/mol. The third-order valence-corrected chi connectivity index (χ3v) is 6.30. The van der Waals surface area contributed by atoms with E-state index in [0.717, 1.165) is 5.51 Å². The summed E-state index contributed by atoms with van der Waals surface area (Å²) in [7, 11) is 2.90. The summed E-state index contributed by atoms with van der Waals surface area (Å²) in [6.07, 6.45) is -5.40. The molecule has 41 heavy (non-hydrogen) atoms. The number of benzene rings is 2. The molecule has 1 unspecified atom stereocenters. The van der Waals surface area contributed by atoms with E-state index in [0.29, 0.717) is 44.3 Å². The van der Waals surface area contributed by atoms with Crippen molar-refractivity contribution in [1.29, 1.82) is 5.41 Å². The predicted octanol–water partition coefficient (Wildman–Crippen LogP) is 2.77. The third-order valence-electron chi connectivity index (χ3n) is 5.51. The number of nitrogens with zero attached hydrogens (tertiary/aromatic N) is 3. The number of thiazole rings is 1. The first-order chi connectivity index (χ1) is 19.4. The van der Waals surface area contributed by atoms with Crippen molar-refractivity contribution in [2.45, 2.75) is 12.2 Å². The molecule has 0 saturated carbocycles. The fraction of sp³-hybridized carbons (Fsp3) is 0.167. The first kappa shape index (κ1) is 28.8. The van der Waals surface area contributed by atoms with Crippen molar-refractivity contribution >= 4 is 34.8 Å². The molecule has 0 fully saturated rings. The number of anilines is 1. The van der Waals surface area contributed by atoms with Crippen molar-refractivity contribution in [3.8, 4) is 17.3 Å². The van der Waals surface area contributed by atoms with Crippen LogP contribution >= 0.6 is 11.3 Å². The zero-order valence-corrected chi connectivity index (χ0v) is 21.9. The van der Waals surface area contributed by atoms with Gasteiger partial charge >= 0.3 is 23.8 Å². The average Bonchev–Trinajstić information content (AvgIpc) is 3.57. The molecule has 2 aromatic heterocycles. The minimum atomic E-state index is -5.40. The zero-order valence-electron chi connectivity index (χ0n) is 21.1. The molecule has 17 heteroatoms. The van der Waals surface area contributed by atoms with Crippen molar-refractivity contribution in [3.05, 3.63) is 80.3 Å². The molecule has 0 radical (unpaired) electrons. The van der Waals surface area contributed by atoms with Gasteiger partial charge in [-0.3, -0.25) is 10.4 Å². The van der Waals surface area contributed by atoms with Crippen LogP contribution in [-0.4, -0.2) is 57.9 Å². The lowest BCUT2D eigenvalue weighted by molar-refractivity contribution is -0.193. The molecule has 13 nitrogen and oxygen atoms in total. The van der Waals surface area contributed by atoms with Gasteiger partial charge in [0.15, 0.2) is 28.0 Å². The highest BCUT2D eigenvalue weighted by molar-refractivity contribution is 7.12. The number of aromatic amines is 1. The molecule has 0 amide bonds. The van der Waals surface area contributed by atoms with Gasteiger partial charge < -0.3 is 25.3 Å². The minimum absolute atomic E-state index is 0.0107. The Balaban J connectivity index is 1.75. The summed E-state index contributed by atoms with van der Waals surface area (Å²) in [6.45, 7) is 0. The van der Waals surface area contributed by atoms with Gasteiger partial charge in [0.05, 0.1) is 19.7 Å². The van der Waals surface area contributed by atoms with E-state index in [1.54, 1.807) is 42.5 Å². The molecule has 2 aromatic carbocycles. The van der Waals surface area contributed by atoms with Crippen LogP contribution in [0.4, 0.5) is 18.9 Å². The van der Waals surface area contributed by atoms with Crippen molar-refractivity contribution in [3.63, 3.8) is 0 Å². The molecule has 0 aliphatic rings. The van der Waals surface area contributed by atoms with E-state index in [9.17, 15) is 27.6 Å². The van der Waals surface area contributed by atoms with Crippen LogP contribution in [0.1, 0.15) is 32.7 Å². The molecule has 0 spiro atoms. The van der Waals surface area contributed by atoms with Crippen LogP contribution in [0.15, 0.2) is 52.8 Å². The molecule has 0 bridgehead atoms. The van der Waals surface area contributed by atoms with Crippen LogP contribution in [0.2, 0.25) is 0 Å². The molecule has 5 N–H and O–H groups in total. The van der Waals surface area contributed by atoms with E-state index in [1.807, 2.05) is 0 Å². The smallest absolute Gasteiger partial charge is 0.491 e. The van der Waals surface area contributed by atoms with E-state index in [-0.39, 0.29) is 11.7 Å². The lowest BCUT2D eigenvalue weighted by Gasteiger charge is -2.20. The molecule has 4 aromatic rings. The minimum Gasteiger partial charge on any atom is -0.493 e. The number of H-pyrrole nitrogens is 1. The van der Waals surface area contributed by atoms with Crippen LogP contribution in [0.25, 0.3) is 5.82 Å². The quantitative estimate of drug-likeness (QED) is 0.0975. The van der Waals surface area contributed by atoms with E-state index < -0.39 is 40.5 Å². The number of hydrogen-bond acceptors (Lipinski definition) is 11. The Kier molecular flexibility index (Phi) is 8.08. The molecule has 0 saturated heterocycles. The Bertz CT molecular complexity index is 1660. The van der Waals surface area contributed by atoms with Crippen LogP contribution in [0.3, 0.4) is 0 Å². The summed E-state index contributed by atoms with van der Waals surface area (Å²) in [5.41, 5.74) is 7.26. The maximum absolute atomic E-state index is 12.9. The average molecular weight is 592 g/mol. The van der Waals surface area contributed by atoms with Gasteiger partial charge in [0, 0.05) is 11.3 Å². The zero-order chi connectivity index (χ0) is 29.9. The first-order valence-electron chi connectivity index (χ1n) is 11.3. The van der Waals surface area contributed by atoms with Gasteiger partial charge in [-0.25, -0.2) is 19.4 Å². The molecule has 0 aliphatic heterocycles. The number of hydrogen-bond donors (Lipinski definition) is 4. The van der Waals surface area contributed by atoms with Crippen LogP contribution in [0, 0.1) is 5.41 Å². The van der Waals surface area contributed by atoms with Crippen molar-refractivity contribution in [2.24, 2.45) is 5.73 Å². The summed E-state index contributed by atoms with van der Waals surface area (Å²) >= 11 is 0.551. The van der Waals surface area contributed by atoms with E-state index in [1.165, 1.54) is 14.2 Å². The van der Waals surface area contributed by atoms with Gasteiger partial charge in [-0.1, -0.05) is 6.07 Å². The number of alkyl halides is 3. The van der Waals surface area contributed by atoms with Gasteiger partial charge in [0.25, 0.3) is 0 Å². The van der Waals surface area contributed by atoms with Crippen LogP contribution < -0.4 is 26.2 Å². The summed E-state index contributed by atoms with van der Waals surface area (Å²) in [5.74, 6) is -4.14. The number of nitrogens with one attached hydrogen (secondary N) is 3. The van der Waals surface area contributed by atoms with Gasteiger partial charge in [-0.2, -0.15) is 17.9 Å².